The number of nitrogens with one attached hydrogen (secondary N) is 1. The van der Waals surface area contributed by atoms with Crippen LogP contribution in [0.1, 0.15) is 31.1 Å². The molecule has 9 nitrogen and oxygen atoms in total. The number of Topliss-reactive ketones (excluding diaryl/α,β-unsaturated/α-hetero) is 1. The Kier molecular flexibility index (Phi) is 6.27. The number of fused-ring (bicyclic) bond motifs is 1. The van der Waals surface area contributed by atoms with Crippen molar-refractivity contribution >= 4 is 38.4 Å². The zero-order chi connectivity index (χ0) is 23.8. The van der Waals surface area contributed by atoms with Crippen molar-refractivity contribution in [2.75, 3.05) is 10.8 Å². The zero-order valence-corrected chi connectivity index (χ0v) is 19.4. The zero-order valence-electron chi connectivity index (χ0n) is 18.6. The lowest BCUT2D eigenvalue weighted by molar-refractivity contribution is -0.120. The first-order valence-corrected chi connectivity index (χ1v) is 11.5. The van der Waals surface area contributed by atoms with Gasteiger partial charge in [-0.3, -0.25) is 23.0 Å². The Morgan fingerprint density at radius 2 is 1.59 bits per heavy atom. The number of aromatic nitrogens is 2. The quantitative estimate of drug-likeness (QED) is 0.543. The number of hydrogen-bond donors (Lipinski definition) is 1. The van der Waals surface area contributed by atoms with Crippen LogP contribution in [-0.2, 0) is 28.9 Å². The molecule has 10 heteroatoms. The fourth-order valence-corrected chi connectivity index (χ4v) is 4.89. The van der Waals surface area contributed by atoms with E-state index in [1.807, 2.05) is 0 Å². The number of ketones is 1. The van der Waals surface area contributed by atoms with Gasteiger partial charge in [0.1, 0.15) is 6.54 Å². The van der Waals surface area contributed by atoms with Gasteiger partial charge in [0.2, 0.25) is 5.91 Å². The molecule has 32 heavy (non-hydrogen) atoms. The van der Waals surface area contributed by atoms with Crippen LogP contribution in [0.4, 0.5) is 5.69 Å². The van der Waals surface area contributed by atoms with E-state index in [1.165, 1.54) is 52.5 Å². The summed E-state index contributed by atoms with van der Waals surface area (Å²) in [6, 6.07) is 10.3. The Labute approximate surface area is 186 Å². The molecule has 0 aliphatic carbocycles. The molecule has 1 N–H and O–H groups in total. The fourth-order valence-electron chi connectivity index (χ4n) is 3.45. The van der Waals surface area contributed by atoms with Gasteiger partial charge in [0.15, 0.2) is 5.78 Å². The summed E-state index contributed by atoms with van der Waals surface area (Å²) in [6.07, 6.45) is 0. The molecular weight excluding hydrogens is 432 g/mol. The van der Waals surface area contributed by atoms with Crippen LogP contribution >= 0.6 is 0 Å². The van der Waals surface area contributed by atoms with E-state index in [-0.39, 0.29) is 28.1 Å². The summed E-state index contributed by atoms with van der Waals surface area (Å²) >= 11 is 0. The number of nitrogens with zero attached hydrogens (tertiary/aromatic N) is 3. The molecule has 1 heterocycles. The number of anilines is 1. The Morgan fingerprint density at radius 1 is 1.00 bits per heavy atom. The fraction of sp³-hybridized carbons (Fsp3) is 0.318. The summed E-state index contributed by atoms with van der Waals surface area (Å²) in [4.78, 5) is 36.3. The summed E-state index contributed by atoms with van der Waals surface area (Å²) in [5.41, 5.74) is 1.44. The highest BCUT2D eigenvalue weighted by Crippen LogP contribution is 2.26. The number of hydrogen-bond acceptors (Lipinski definition) is 5. The van der Waals surface area contributed by atoms with Gasteiger partial charge >= 0.3 is 5.69 Å². The van der Waals surface area contributed by atoms with E-state index in [9.17, 15) is 22.8 Å². The van der Waals surface area contributed by atoms with Gasteiger partial charge in [0, 0.05) is 25.7 Å². The van der Waals surface area contributed by atoms with Crippen LogP contribution in [0.5, 0.6) is 0 Å². The first kappa shape index (κ1) is 23.3. The summed E-state index contributed by atoms with van der Waals surface area (Å²) < 4.78 is 31.0. The lowest BCUT2D eigenvalue weighted by atomic mass is 10.1. The van der Waals surface area contributed by atoms with Gasteiger partial charge < -0.3 is 5.32 Å². The molecule has 0 aliphatic rings. The topological polar surface area (TPSA) is 110 Å². The molecule has 1 amide bonds. The Balaban J connectivity index is 2.12. The van der Waals surface area contributed by atoms with E-state index in [4.69, 9.17) is 0 Å². The smallest absolute Gasteiger partial charge is 0.328 e. The maximum atomic E-state index is 13.6. The number of sulfonamides is 1. The van der Waals surface area contributed by atoms with Gasteiger partial charge in [-0.05, 0) is 63.2 Å². The van der Waals surface area contributed by atoms with Crippen LogP contribution < -0.4 is 15.3 Å². The van der Waals surface area contributed by atoms with Crippen LogP contribution in [0.3, 0.4) is 0 Å². The van der Waals surface area contributed by atoms with Crippen molar-refractivity contribution in [3.8, 4) is 0 Å². The molecule has 0 atom stereocenters. The van der Waals surface area contributed by atoms with Gasteiger partial charge in [0.05, 0.1) is 21.6 Å². The third-order valence-corrected chi connectivity index (χ3v) is 6.90. The molecule has 170 valence electrons. The standard InChI is InChI=1S/C22H26N4O5S/c1-14(2)23-21(28)13-26(17-8-6-16(7-9-17)15(3)27)32(30,31)18-10-11-19-20(12-18)25(5)22(29)24(19)4/h6-12,14H,13H2,1-5H3,(H,23,28). The van der Waals surface area contributed by atoms with Crippen molar-refractivity contribution in [1.82, 2.24) is 14.5 Å². The Morgan fingerprint density at radius 3 is 2.16 bits per heavy atom. The SMILES string of the molecule is CC(=O)c1ccc(N(CC(=O)NC(C)C)S(=O)(=O)c2ccc3c(c2)n(C)c(=O)n3C)cc1. The van der Waals surface area contributed by atoms with Crippen LogP contribution in [-0.4, -0.2) is 41.8 Å². The van der Waals surface area contributed by atoms with Crippen molar-refractivity contribution in [1.29, 1.82) is 0 Å². The van der Waals surface area contributed by atoms with E-state index >= 15 is 0 Å². The van der Waals surface area contributed by atoms with E-state index in [2.05, 4.69) is 5.32 Å². The lowest BCUT2D eigenvalue weighted by Crippen LogP contribution is -2.42. The van der Waals surface area contributed by atoms with E-state index in [0.717, 1.165) is 4.31 Å². The van der Waals surface area contributed by atoms with Crippen molar-refractivity contribution in [3.63, 3.8) is 0 Å². The molecule has 0 bridgehead atoms. The minimum absolute atomic E-state index is 0.0563. The van der Waals surface area contributed by atoms with Crippen molar-refractivity contribution in [2.45, 2.75) is 31.7 Å². The Bertz CT molecular complexity index is 1350. The van der Waals surface area contributed by atoms with Gasteiger partial charge in [-0.1, -0.05) is 0 Å². The molecule has 1 aromatic heterocycles. The molecule has 0 unspecified atom stereocenters. The maximum Gasteiger partial charge on any atom is 0.328 e. The third kappa shape index (κ3) is 4.31. The number of benzene rings is 2. The second-order valence-corrected chi connectivity index (χ2v) is 9.75. The summed E-state index contributed by atoms with van der Waals surface area (Å²) in [7, 11) is -0.993. The molecule has 0 aliphatic heterocycles. The minimum atomic E-state index is -4.17. The molecule has 0 radical (unpaired) electrons. The molecule has 0 spiro atoms. The van der Waals surface area contributed by atoms with Crippen molar-refractivity contribution < 1.29 is 18.0 Å². The molecule has 2 aromatic carbocycles. The normalized spacial score (nSPS) is 11.7. The molecular formula is C22H26N4O5S. The third-order valence-electron chi connectivity index (χ3n) is 5.13. The largest absolute Gasteiger partial charge is 0.352 e. The van der Waals surface area contributed by atoms with E-state index in [0.29, 0.717) is 16.6 Å². The number of aryl methyl sites for hydroxylation is 2. The molecule has 0 saturated carbocycles. The van der Waals surface area contributed by atoms with Crippen LogP contribution in [0, 0.1) is 0 Å². The highest BCUT2D eigenvalue weighted by molar-refractivity contribution is 7.92. The highest BCUT2D eigenvalue weighted by Gasteiger charge is 2.28. The monoisotopic (exact) mass is 458 g/mol. The van der Waals surface area contributed by atoms with Crippen LogP contribution in [0.15, 0.2) is 52.2 Å². The van der Waals surface area contributed by atoms with Crippen LogP contribution in [0.2, 0.25) is 0 Å². The predicted octanol–water partition coefficient (Wildman–Crippen LogP) is 1.80. The van der Waals surface area contributed by atoms with Gasteiger partial charge in [-0.2, -0.15) is 0 Å². The number of carbonyl (C=O) groups excluding carboxylic acids is 2. The first-order valence-electron chi connectivity index (χ1n) is 10.0. The number of amides is 1. The molecule has 3 aromatic rings. The minimum Gasteiger partial charge on any atom is -0.352 e. The van der Waals surface area contributed by atoms with Gasteiger partial charge in [-0.15, -0.1) is 0 Å². The average molecular weight is 459 g/mol. The highest BCUT2D eigenvalue weighted by atomic mass is 32.2. The van der Waals surface area contributed by atoms with Gasteiger partial charge in [-0.25, -0.2) is 13.2 Å². The van der Waals surface area contributed by atoms with E-state index < -0.39 is 22.5 Å². The second kappa shape index (κ2) is 8.62. The van der Waals surface area contributed by atoms with Crippen LogP contribution in [0.25, 0.3) is 11.0 Å². The number of imidazole rings is 1. The summed E-state index contributed by atoms with van der Waals surface area (Å²) in [5, 5.41) is 2.70. The summed E-state index contributed by atoms with van der Waals surface area (Å²) in [6.45, 7) is 4.54. The first-order chi connectivity index (χ1) is 14.9. The van der Waals surface area contributed by atoms with Crippen molar-refractivity contribution in [3.05, 3.63) is 58.5 Å². The predicted molar refractivity (Wildman–Crippen MR) is 122 cm³/mol. The molecule has 3 rings (SSSR count). The van der Waals surface area contributed by atoms with E-state index in [1.54, 1.807) is 34.0 Å². The average Bonchev–Trinajstić information content (AvgIpc) is 2.95. The summed E-state index contributed by atoms with van der Waals surface area (Å²) in [5.74, 6) is -0.619. The second-order valence-electron chi connectivity index (χ2n) is 7.89. The number of carbonyl (C=O) groups is 2. The molecule has 0 fully saturated rings. The Hall–Kier alpha value is -3.40. The lowest BCUT2D eigenvalue weighted by Gasteiger charge is -2.25. The number of rotatable bonds is 7. The maximum absolute atomic E-state index is 13.6. The van der Waals surface area contributed by atoms with Crippen molar-refractivity contribution in [2.24, 2.45) is 14.1 Å². The molecule has 0 saturated heterocycles. The van der Waals surface area contributed by atoms with Gasteiger partial charge in [0.25, 0.3) is 10.0 Å².